The lowest BCUT2D eigenvalue weighted by atomic mass is 9.81. The number of β-amino-alcohol motifs (C(OH)–C–C–N with tert-alkyl or cyclic N) is 1. The number of rotatable bonds is 5. The molecule has 0 bridgehead atoms. The molecule has 1 fully saturated rings. The first-order valence-electron chi connectivity index (χ1n) is 7.33. The highest BCUT2D eigenvalue weighted by molar-refractivity contribution is 6.05. The molecule has 4 nitrogen and oxygen atoms in total. The monoisotopic (exact) mass is 311 g/mol. The van der Waals surface area contributed by atoms with E-state index in [1.54, 1.807) is 0 Å². The zero-order valence-corrected chi connectivity index (χ0v) is 12.6. The molecule has 120 valence electrons. The van der Waals surface area contributed by atoms with Crippen molar-refractivity contribution in [1.82, 2.24) is 4.90 Å². The predicted octanol–water partition coefficient (Wildman–Crippen LogP) is 2.56. The van der Waals surface area contributed by atoms with E-state index < -0.39 is 41.2 Å². The van der Waals surface area contributed by atoms with Crippen LogP contribution in [0.1, 0.15) is 44.8 Å². The van der Waals surface area contributed by atoms with Gasteiger partial charge in [-0.05, 0) is 25.0 Å². The Labute approximate surface area is 127 Å². The Balaban J connectivity index is 2.24. The first-order valence-corrected chi connectivity index (χ1v) is 7.33. The summed E-state index contributed by atoms with van der Waals surface area (Å²) in [5.74, 6) is -2.59. The molecule has 1 aliphatic rings. The minimum absolute atomic E-state index is 0.0747. The molecule has 1 heterocycles. The van der Waals surface area contributed by atoms with Crippen molar-refractivity contribution in [2.24, 2.45) is 5.41 Å². The largest absolute Gasteiger partial charge is 0.386 e. The third-order valence-electron chi connectivity index (χ3n) is 4.53. The summed E-state index contributed by atoms with van der Waals surface area (Å²) in [6.07, 6.45) is -0.493. The topological polar surface area (TPSA) is 57.6 Å². The van der Waals surface area contributed by atoms with E-state index in [1.807, 2.05) is 13.8 Å². The molecular formula is C16H19F2NO3. The van der Waals surface area contributed by atoms with Gasteiger partial charge in [0.25, 0.3) is 0 Å². The number of carbonyl (C=O) groups is 2. The lowest BCUT2D eigenvalue weighted by molar-refractivity contribution is -0.143. The van der Waals surface area contributed by atoms with Gasteiger partial charge in [-0.2, -0.15) is 0 Å². The Morgan fingerprint density at radius 1 is 1.23 bits per heavy atom. The number of hydrogen-bond donors (Lipinski definition) is 1. The van der Waals surface area contributed by atoms with Crippen LogP contribution >= 0.6 is 0 Å². The standard InChI is InChI=1S/C16H19F2NO3/c1-3-16(4-2)8-13(21)19(15(16)22)9-12(20)14-10(17)6-5-7-11(14)18/h5-7,12,20H,3-4,8-9H2,1-2H3. The Morgan fingerprint density at radius 2 is 1.77 bits per heavy atom. The van der Waals surface area contributed by atoms with E-state index >= 15 is 0 Å². The molecule has 0 saturated carbocycles. The molecule has 2 rings (SSSR count). The highest BCUT2D eigenvalue weighted by atomic mass is 19.1. The summed E-state index contributed by atoms with van der Waals surface area (Å²) in [4.78, 5) is 25.4. The molecule has 22 heavy (non-hydrogen) atoms. The third kappa shape index (κ3) is 2.63. The fourth-order valence-corrected chi connectivity index (χ4v) is 2.94. The third-order valence-corrected chi connectivity index (χ3v) is 4.53. The molecule has 0 radical (unpaired) electrons. The smallest absolute Gasteiger partial charge is 0.235 e. The van der Waals surface area contributed by atoms with Crippen LogP contribution in [0.3, 0.4) is 0 Å². The molecule has 2 amide bonds. The minimum atomic E-state index is -1.58. The number of nitrogens with zero attached hydrogens (tertiary/aromatic N) is 1. The summed E-state index contributed by atoms with van der Waals surface area (Å²) in [5, 5.41) is 10.1. The lowest BCUT2D eigenvalue weighted by Gasteiger charge is -2.25. The SMILES string of the molecule is CCC1(CC)CC(=O)N(CC(O)c2c(F)cccc2F)C1=O. The van der Waals surface area contributed by atoms with Crippen LogP contribution in [0.15, 0.2) is 18.2 Å². The van der Waals surface area contributed by atoms with Gasteiger partial charge in [-0.3, -0.25) is 14.5 Å². The van der Waals surface area contributed by atoms with Crippen LogP contribution in [0.5, 0.6) is 0 Å². The lowest BCUT2D eigenvalue weighted by Crippen LogP contribution is -2.38. The second-order valence-corrected chi connectivity index (χ2v) is 5.62. The van der Waals surface area contributed by atoms with Crippen LogP contribution in [-0.4, -0.2) is 28.4 Å². The molecule has 1 unspecified atom stereocenters. The highest BCUT2D eigenvalue weighted by Crippen LogP contribution is 2.39. The molecule has 0 spiro atoms. The van der Waals surface area contributed by atoms with Crippen LogP contribution in [0.2, 0.25) is 0 Å². The van der Waals surface area contributed by atoms with Crippen molar-refractivity contribution in [1.29, 1.82) is 0 Å². The zero-order valence-electron chi connectivity index (χ0n) is 12.6. The van der Waals surface area contributed by atoms with Gasteiger partial charge < -0.3 is 5.11 Å². The van der Waals surface area contributed by atoms with Gasteiger partial charge in [-0.1, -0.05) is 19.9 Å². The van der Waals surface area contributed by atoms with Crippen LogP contribution in [0.25, 0.3) is 0 Å². The number of benzene rings is 1. The number of hydrogen-bond acceptors (Lipinski definition) is 3. The van der Waals surface area contributed by atoms with Crippen LogP contribution in [0.4, 0.5) is 8.78 Å². The summed E-state index contributed by atoms with van der Waals surface area (Å²) < 4.78 is 27.3. The zero-order chi connectivity index (χ0) is 16.5. The Kier molecular flexibility index (Phi) is 4.60. The van der Waals surface area contributed by atoms with Crippen LogP contribution < -0.4 is 0 Å². The van der Waals surface area contributed by atoms with Gasteiger partial charge in [0.05, 0.1) is 17.5 Å². The van der Waals surface area contributed by atoms with Gasteiger partial charge >= 0.3 is 0 Å². The van der Waals surface area contributed by atoms with E-state index in [0.717, 1.165) is 17.0 Å². The van der Waals surface area contributed by atoms with Crippen LogP contribution in [0, 0.1) is 17.0 Å². The molecule has 1 atom stereocenters. The van der Waals surface area contributed by atoms with Crippen molar-refractivity contribution < 1.29 is 23.5 Å². The predicted molar refractivity (Wildman–Crippen MR) is 75.7 cm³/mol. The fourth-order valence-electron chi connectivity index (χ4n) is 2.94. The second kappa shape index (κ2) is 6.12. The van der Waals surface area contributed by atoms with Gasteiger partial charge in [0.15, 0.2) is 0 Å². The van der Waals surface area contributed by atoms with Gasteiger partial charge in [0.2, 0.25) is 11.8 Å². The number of likely N-dealkylation sites (tertiary alicyclic amines) is 1. The molecule has 1 saturated heterocycles. The summed E-state index contributed by atoms with van der Waals surface area (Å²) in [7, 11) is 0. The number of amides is 2. The Morgan fingerprint density at radius 3 is 2.23 bits per heavy atom. The number of aliphatic hydroxyl groups is 1. The second-order valence-electron chi connectivity index (χ2n) is 5.62. The van der Waals surface area contributed by atoms with Gasteiger partial charge in [-0.25, -0.2) is 8.78 Å². The number of imide groups is 1. The maximum atomic E-state index is 13.7. The average Bonchev–Trinajstić information content (AvgIpc) is 2.72. The van der Waals surface area contributed by atoms with Crippen molar-refractivity contribution in [2.75, 3.05) is 6.54 Å². The first kappa shape index (κ1) is 16.5. The van der Waals surface area contributed by atoms with E-state index in [1.165, 1.54) is 6.07 Å². The summed E-state index contributed by atoms with van der Waals surface area (Å²) in [6, 6.07) is 3.24. The van der Waals surface area contributed by atoms with Crippen molar-refractivity contribution in [3.8, 4) is 0 Å². The number of halogens is 2. The Bertz CT molecular complexity index is 579. The van der Waals surface area contributed by atoms with E-state index in [2.05, 4.69) is 0 Å². The van der Waals surface area contributed by atoms with Crippen molar-refractivity contribution in [3.05, 3.63) is 35.4 Å². The molecule has 1 N–H and O–H groups in total. The Hall–Kier alpha value is -1.82. The molecule has 0 aliphatic carbocycles. The van der Waals surface area contributed by atoms with Gasteiger partial charge in [0, 0.05) is 6.42 Å². The summed E-state index contributed by atoms with van der Waals surface area (Å²) in [5.41, 5.74) is -1.28. The first-order chi connectivity index (χ1) is 10.4. The maximum absolute atomic E-state index is 13.7. The molecular weight excluding hydrogens is 292 g/mol. The molecule has 6 heteroatoms. The minimum Gasteiger partial charge on any atom is -0.386 e. The van der Waals surface area contributed by atoms with Gasteiger partial charge in [0.1, 0.15) is 17.7 Å². The van der Waals surface area contributed by atoms with E-state index in [4.69, 9.17) is 0 Å². The van der Waals surface area contributed by atoms with E-state index in [0.29, 0.717) is 12.8 Å². The number of aliphatic hydroxyl groups excluding tert-OH is 1. The molecule has 0 aromatic heterocycles. The molecule has 1 aromatic carbocycles. The van der Waals surface area contributed by atoms with Crippen molar-refractivity contribution in [2.45, 2.75) is 39.2 Å². The average molecular weight is 311 g/mol. The van der Waals surface area contributed by atoms with E-state index in [-0.39, 0.29) is 12.3 Å². The van der Waals surface area contributed by atoms with Gasteiger partial charge in [-0.15, -0.1) is 0 Å². The summed E-state index contributed by atoms with van der Waals surface area (Å²) in [6.45, 7) is 3.22. The maximum Gasteiger partial charge on any atom is 0.235 e. The fraction of sp³-hybridized carbons (Fsp3) is 0.500. The van der Waals surface area contributed by atoms with Crippen LogP contribution in [-0.2, 0) is 9.59 Å². The van der Waals surface area contributed by atoms with Crippen molar-refractivity contribution >= 4 is 11.8 Å². The highest BCUT2D eigenvalue weighted by Gasteiger charge is 2.49. The number of carbonyl (C=O) groups excluding carboxylic acids is 2. The summed E-state index contributed by atoms with van der Waals surface area (Å²) >= 11 is 0. The van der Waals surface area contributed by atoms with Crippen molar-refractivity contribution in [3.63, 3.8) is 0 Å². The van der Waals surface area contributed by atoms with E-state index in [9.17, 15) is 23.5 Å². The normalized spacial score (nSPS) is 18.9. The molecule has 1 aliphatic heterocycles. The quantitative estimate of drug-likeness (QED) is 0.850. The molecule has 1 aromatic rings.